The fourth-order valence-corrected chi connectivity index (χ4v) is 3.91. The minimum absolute atomic E-state index is 0.157. The molecule has 0 unspecified atom stereocenters. The lowest BCUT2D eigenvalue weighted by Crippen LogP contribution is -2.14. The van der Waals surface area contributed by atoms with Crippen LogP contribution in [0.2, 0.25) is 15.1 Å². The van der Waals surface area contributed by atoms with Gasteiger partial charge in [-0.1, -0.05) is 52.6 Å². The normalized spacial score (nSPS) is 10.8. The quantitative estimate of drug-likeness (QED) is 0.276. The summed E-state index contributed by atoms with van der Waals surface area (Å²) >= 11 is 22.8. The highest BCUT2D eigenvalue weighted by molar-refractivity contribution is 9.10. The standard InChI is InChI=1S/C19H14BrCl3N4OS/c1-2-7-27-18(11-3-6-14(21)16(23)8-11)25-26-19(27)29-10-17(28)24-12-4-5-13(20)15(22)9-12/h2-6,8-9H,1,7,10H2,(H,24,28). The lowest BCUT2D eigenvalue weighted by Gasteiger charge is -2.09. The largest absolute Gasteiger partial charge is 0.325 e. The second-order valence-corrected chi connectivity index (χ2v) is 8.82. The zero-order chi connectivity index (χ0) is 21.0. The van der Waals surface area contributed by atoms with Crippen molar-refractivity contribution < 1.29 is 4.79 Å². The average Bonchev–Trinajstić information content (AvgIpc) is 3.08. The van der Waals surface area contributed by atoms with Gasteiger partial charge in [0.05, 0.1) is 20.8 Å². The minimum atomic E-state index is -0.183. The first-order valence-corrected chi connectivity index (χ1v) is 11.2. The minimum Gasteiger partial charge on any atom is -0.325 e. The molecule has 5 nitrogen and oxygen atoms in total. The van der Waals surface area contributed by atoms with Gasteiger partial charge in [-0.25, -0.2) is 0 Å². The number of halogens is 4. The summed E-state index contributed by atoms with van der Waals surface area (Å²) in [4.78, 5) is 12.3. The van der Waals surface area contributed by atoms with Crippen LogP contribution in [0.5, 0.6) is 0 Å². The third-order valence-electron chi connectivity index (χ3n) is 3.74. The third kappa shape index (κ3) is 5.55. The summed E-state index contributed by atoms with van der Waals surface area (Å²) in [7, 11) is 0. The highest BCUT2D eigenvalue weighted by atomic mass is 79.9. The lowest BCUT2D eigenvalue weighted by molar-refractivity contribution is -0.113. The molecule has 10 heteroatoms. The van der Waals surface area contributed by atoms with Gasteiger partial charge in [-0.3, -0.25) is 9.36 Å². The SMILES string of the molecule is C=CCn1c(SCC(=O)Nc2ccc(Br)c(Cl)c2)nnc1-c1ccc(Cl)c(Cl)c1. The van der Waals surface area contributed by atoms with Crippen molar-refractivity contribution in [3.05, 3.63) is 68.6 Å². The maximum absolute atomic E-state index is 12.3. The van der Waals surface area contributed by atoms with E-state index < -0.39 is 0 Å². The monoisotopic (exact) mass is 530 g/mol. The van der Waals surface area contributed by atoms with Gasteiger partial charge in [-0.05, 0) is 52.3 Å². The molecule has 1 aromatic heterocycles. The summed E-state index contributed by atoms with van der Waals surface area (Å²) in [5.74, 6) is 0.591. The first kappa shape index (κ1) is 22.2. The van der Waals surface area contributed by atoms with Crippen LogP contribution in [0.25, 0.3) is 11.4 Å². The van der Waals surface area contributed by atoms with Crippen LogP contribution in [0.1, 0.15) is 0 Å². The molecule has 150 valence electrons. The predicted molar refractivity (Wildman–Crippen MR) is 124 cm³/mol. The van der Waals surface area contributed by atoms with Crippen molar-refractivity contribution in [1.29, 1.82) is 0 Å². The van der Waals surface area contributed by atoms with Crippen LogP contribution in [0, 0.1) is 0 Å². The molecule has 29 heavy (non-hydrogen) atoms. The van der Waals surface area contributed by atoms with Crippen LogP contribution in [0.3, 0.4) is 0 Å². The molecule has 3 rings (SSSR count). The van der Waals surface area contributed by atoms with Crippen molar-refractivity contribution in [1.82, 2.24) is 14.8 Å². The number of carbonyl (C=O) groups excluding carboxylic acids is 1. The first-order chi connectivity index (χ1) is 13.9. The van der Waals surface area contributed by atoms with E-state index in [1.807, 2.05) is 10.6 Å². The molecular weight excluding hydrogens is 519 g/mol. The smallest absolute Gasteiger partial charge is 0.234 e. The summed E-state index contributed by atoms with van der Waals surface area (Å²) < 4.78 is 2.62. The van der Waals surface area contributed by atoms with E-state index >= 15 is 0 Å². The number of aromatic nitrogens is 3. The van der Waals surface area contributed by atoms with Crippen molar-refractivity contribution in [3.8, 4) is 11.4 Å². The van der Waals surface area contributed by atoms with E-state index in [0.29, 0.717) is 38.3 Å². The van der Waals surface area contributed by atoms with Gasteiger partial charge in [-0.2, -0.15) is 0 Å². The van der Waals surface area contributed by atoms with Gasteiger partial charge in [0.1, 0.15) is 0 Å². The Hall–Kier alpha value is -1.51. The number of thioether (sulfide) groups is 1. The molecular formula is C19H14BrCl3N4OS. The number of hydrogen-bond acceptors (Lipinski definition) is 4. The zero-order valence-electron chi connectivity index (χ0n) is 14.8. The maximum atomic E-state index is 12.3. The van der Waals surface area contributed by atoms with Crippen molar-refractivity contribution in [2.24, 2.45) is 0 Å². The molecule has 1 amide bonds. The fraction of sp³-hybridized carbons (Fsp3) is 0.105. The number of nitrogens with zero attached hydrogens (tertiary/aromatic N) is 3. The topological polar surface area (TPSA) is 59.8 Å². The second-order valence-electron chi connectivity index (χ2n) is 5.80. The summed E-state index contributed by atoms with van der Waals surface area (Å²) in [6.07, 6.45) is 1.73. The highest BCUT2D eigenvalue weighted by Crippen LogP contribution is 2.30. The molecule has 0 spiro atoms. The number of nitrogens with one attached hydrogen (secondary N) is 1. The van der Waals surface area contributed by atoms with Crippen LogP contribution in [0.15, 0.2) is 58.7 Å². The molecule has 2 aromatic carbocycles. The van der Waals surface area contributed by atoms with E-state index in [2.05, 4.69) is 38.0 Å². The Morgan fingerprint density at radius 3 is 2.62 bits per heavy atom. The Balaban J connectivity index is 1.74. The molecule has 0 aliphatic carbocycles. The number of allylic oxidation sites excluding steroid dienone is 1. The predicted octanol–water partition coefficient (Wildman–Crippen LogP) is 6.58. The molecule has 0 radical (unpaired) electrons. The number of carbonyl (C=O) groups is 1. The number of rotatable bonds is 7. The summed E-state index contributed by atoms with van der Waals surface area (Å²) in [5.41, 5.74) is 1.39. The van der Waals surface area contributed by atoms with Gasteiger partial charge in [-0.15, -0.1) is 16.8 Å². The maximum Gasteiger partial charge on any atom is 0.234 e. The Bertz CT molecular complexity index is 1070. The summed E-state index contributed by atoms with van der Waals surface area (Å²) in [5, 5.41) is 13.3. The van der Waals surface area contributed by atoms with E-state index in [4.69, 9.17) is 34.8 Å². The first-order valence-electron chi connectivity index (χ1n) is 8.26. The second kappa shape index (κ2) is 10.00. The Kier molecular flexibility index (Phi) is 7.65. The molecule has 1 N–H and O–H groups in total. The molecule has 0 bridgehead atoms. The lowest BCUT2D eigenvalue weighted by atomic mass is 10.2. The van der Waals surface area contributed by atoms with Crippen LogP contribution in [0.4, 0.5) is 5.69 Å². The van der Waals surface area contributed by atoms with E-state index in [9.17, 15) is 4.79 Å². The van der Waals surface area contributed by atoms with Crippen LogP contribution >= 0.6 is 62.5 Å². The number of anilines is 1. The van der Waals surface area contributed by atoms with Crippen LogP contribution in [-0.2, 0) is 11.3 Å². The van der Waals surface area contributed by atoms with E-state index in [0.717, 1.165) is 10.0 Å². The highest BCUT2D eigenvalue weighted by Gasteiger charge is 2.16. The zero-order valence-corrected chi connectivity index (χ0v) is 19.5. The van der Waals surface area contributed by atoms with Crippen molar-refractivity contribution in [3.63, 3.8) is 0 Å². The van der Waals surface area contributed by atoms with Crippen molar-refractivity contribution >= 4 is 74.1 Å². The van der Waals surface area contributed by atoms with E-state index in [-0.39, 0.29) is 11.7 Å². The van der Waals surface area contributed by atoms with Gasteiger partial charge in [0.15, 0.2) is 11.0 Å². The van der Waals surface area contributed by atoms with Gasteiger partial charge >= 0.3 is 0 Å². The fourth-order valence-electron chi connectivity index (χ4n) is 2.44. The number of hydrogen-bond donors (Lipinski definition) is 1. The summed E-state index contributed by atoms with van der Waals surface area (Å²) in [6.45, 7) is 4.26. The number of benzene rings is 2. The molecule has 0 saturated carbocycles. The van der Waals surface area contributed by atoms with E-state index in [1.54, 1.807) is 36.4 Å². The van der Waals surface area contributed by atoms with E-state index in [1.165, 1.54) is 11.8 Å². The Morgan fingerprint density at radius 2 is 1.93 bits per heavy atom. The van der Waals surface area contributed by atoms with Gasteiger partial charge in [0, 0.05) is 22.3 Å². The third-order valence-corrected chi connectivity index (χ3v) is 6.68. The molecule has 0 aliphatic heterocycles. The Labute approximate surface area is 195 Å². The molecule has 0 fully saturated rings. The molecule has 1 heterocycles. The molecule has 0 atom stereocenters. The van der Waals surface area contributed by atoms with Gasteiger partial charge in [0.2, 0.25) is 5.91 Å². The van der Waals surface area contributed by atoms with Gasteiger partial charge < -0.3 is 5.32 Å². The van der Waals surface area contributed by atoms with Crippen LogP contribution in [-0.4, -0.2) is 26.4 Å². The van der Waals surface area contributed by atoms with Gasteiger partial charge in [0.25, 0.3) is 0 Å². The number of amides is 1. The average molecular weight is 533 g/mol. The van der Waals surface area contributed by atoms with Crippen molar-refractivity contribution in [2.75, 3.05) is 11.1 Å². The summed E-state index contributed by atoms with van der Waals surface area (Å²) in [6, 6.07) is 10.5. The molecule has 0 saturated heterocycles. The molecule has 0 aliphatic rings. The van der Waals surface area contributed by atoms with Crippen molar-refractivity contribution in [2.45, 2.75) is 11.7 Å². The Morgan fingerprint density at radius 1 is 1.14 bits per heavy atom. The molecule has 3 aromatic rings. The van der Waals surface area contributed by atoms with Crippen LogP contribution < -0.4 is 5.32 Å².